The van der Waals surface area contributed by atoms with Crippen LogP contribution in [-0.4, -0.2) is 43.3 Å². The van der Waals surface area contributed by atoms with Crippen LogP contribution >= 0.6 is 0 Å². The van der Waals surface area contributed by atoms with Crippen molar-refractivity contribution in [1.29, 1.82) is 0 Å². The fourth-order valence-corrected chi connectivity index (χ4v) is 2.97. The normalized spacial score (nSPS) is 18.4. The maximum Gasteiger partial charge on any atom is 0.407 e. The van der Waals surface area contributed by atoms with E-state index >= 15 is 0 Å². The van der Waals surface area contributed by atoms with Gasteiger partial charge in [-0.15, -0.1) is 0 Å². The average molecular weight is 334 g/mol. The molecule has 2 rings (SSSR count). The predicted octanol–water partition coefficient (Wildman–Crippen LogP) is 3.43. The van der Waals surface area contributed by atoms with Crippen molar-refractivity contribution in [2.45, 2.75) is 45.8 Å². The van der Waals surface area contributed by atoms with Crippen LogP contribution in [-0.2, 0) is 11.3 Å². The van der Waals surface area contributed by atoms with E-state index in [-0.39, 0.29) is 6.09 Å². The SMILES string of the molecule is COc1ccc(CN2CCC(CCNC(=O)OC(C)(C)C)C2)cc1. The van der Waals surface area contributed by atoms with E-state index in [0.717, 1.165) is 31.8 Å². The monoisotopic (exact) mass is 334 g/mol. The van der Waals surface area contributed by atoms with Crippen LogP contribution in [0.1, 0.15) is 39.2 Å². The molecule has 0 bridgehead atoms. The molecule has 1 aliphatic rings. The summed E-state index contributed by atoms with van der Waals surface area (Å²) in [4.78, 5) is 14.1. The molecule has 0 aromatic heterocycles. The van der Waals surface area contributed by atoms with Gasteiger partial charge in [-0.1, -0.05) is 12.1 Å². The number of nitrogens with zero attached hydrogens (tertiary/aromatic N) is 1. The number of benzene rings is 1. The smallest absolute Gasteiger partial charge is 0.407 e. The molecule has 1 saturated heterocycles. The molecule has 1 aliphatic heterocycles. The highest BCUT2D eigenvalue weighted by Crippen LogP contribution is 2.22. The van der Waals surface area contributed by atoms with Gasteiger partial charge >= 0.3 is 6.09 Å². The highest BCUT2D eigenvalue weighted by Gasteiger charge is 2.23. The summed E-state index contributed by atoms with van der Waals surface area (Å²) in [7, 11) is 1.69. The van der Waals surface area contributed by atoms with Gasteiger partial charge in [0.2, 0.25) is 0 Å². The minimum Gasteiger partial charge on any atom is -0.497 e. The molecule has 1 heterocycles. The van der Waals surface area contributed by atoms with Gasteiger partial charge in [0, 0.05) is 19.6 Å². The van der Waals surface area contributed by atoms with E-state index in [1.54, 1.807) is 7.11 Å². The molecular weight excluding hydrogens is 304 g/mol. The van der Waals surface area contributed by atoms with Crippen molar-refractivity contribution >= 4 is 6.09 Å². The summed E-state index contributed by atoms with van der Waals surface area (Å²) in [5, 5.41) is 2.85. The largest absolute Gasteiger partial charge is 0.497 e. The summed E-state index contributed by atoms with van der Waals surface area (Å²) >= 11 is 0. The van der Waals surface area contributed by atoms with Gasteiger partial charge in [-0.05, 0) is 63.8 Å². The Labute approximate surface area is 145 Å². The average Bonchev–Trinajstić information content (AvgIpc) is 2.93. The van der Waals surface area contributed by atoms with Crippen LogP contribution in [0.3, 0.4) is 0 Å². The fourth-order valence-electron chi connectivity index (χ4n) is 2.97. The number of hydrogen-bond acceptors (Lipinski definition) is 4. The second-order valence-corrected chi connectivity index (χ2v) is 7.46. The van der Waals surface area contributed by atoms with E-state index in [2.05, 4.69) is 22.3 Å². The molecule has 0 aliphatic carbocycles. The number of rotatable bonds is 6. The predicted molar refractivity (Wildman–Crippen MR) is 95.2 cm³/mol. The Morgan fingerprint density at radius 1 is 1.29 bits per heavy atom. The third kappa shape index (κ3) is 6.40. The van der Waals surface area contributed by atoms with Gasteiger partial charge in [0.1, 0.15) is 11.4 Å². The molecule has 1 aromatic carbocycles. The number of likely N-dealkylation sites (tertiary alicyclic amines) is 1. The second kappa shape index (κ2) is 8.38. The zero-order chi connectivity index (χ0) is 17.6. The van der Waals surface area contributed by atoms with Crippen molar-refractivity contribution < 1.29 is 14.3 Å². The van der Waals surface area contributed by atoms with E-state index < -0.39 is 5.60 Å². The number of carbonyl (C=O) groups excluding carboxylic acids is 1. The van der Waals surface area contributed by atoms with Gasteiger partial charge in [0.15, 0.2) is 0 Å². The number of alkyl carbamates (subject to hydrolysis) is 1. The summed E-state index contributed by atoms with van der Waals surface area (Å²) < 4.78 is 10.4. The molecule has 1 atom stereocenters. The molecule has 1 fully saturated rings. The summed E-state index contributed by atoms with van der Waals surface area (Å²) in [6.45, 7) is 9.48. The highest BCUT2D eigenvalue weighted by atomic mass is 16.6. The molecule has 0 saturated carbocycles. The van der Waals surface area contributed by atoms with Crippen molar-refractivity contribution in [2.75, 3.05) is 26.7 Å². The molecule has 1 aromatic rings. The first-order valence-electron chi connectivity index (χ1n) is 8.68. The Bertz CT molecular complexity index is 522. The molecule has 1 N–H and O–H groups in total. The number of nitrogens with one attached hydrogen (secondary N) is 1. The number of methoxy groups -OCH3 is 1. The molecule has 134 valence electrons. The van der Waals surface area contributed by atoms with Crippen LogP contribution in [0.2, 0.25) is 0 Å². The molecule has 5 heteroatoms. The maximum atomic E-state index is 11.6. The van der Waals surface area contributed by atoms with E-state index in [1.165, 1.54) is 12.0 Å². The van der Waals surface area contributed by atoms with Gasteiger partial charge in [0.05, 0.1) is 7.11 Å². The number of carbonyl (C=O) groups is 1. The van der Waals surface area contributed by atoms with Crippen LogP contribution in [0.15, 0.2) is 24.3 Å². The maximum absolute atomic E-state index is 11.6. The van der Waals surface area contributed by atoms with Gasteiger partial charge in [-0.2, -0.15) is 0 Å². The lowest BCUT2D eigenvalue weighted by Gasteiger charge is -2.20. The Hall–Kier alpha value is -1.75. The highest BCUT2D eigenvalue weighted by molar-refractivity contribution is 5.67. The third-order valence-corrected chi connectivity index (χ3v) is 4.16. The lowest BCUT2D eigenvalue weighted by atomic mass is 10.1. The van der Waals surface area contributed by atoms with Gasteiger partial charge in [-0.25, -0.2) is 4.79 Å². The Morgan fingerprint density at radius 2 is 2.00 bits per heavy atom. The molecule has 24 heavy (non-hydrogen) atoms. The fraction of sp³-hybridized carbons (Fsp3) is 0.632. The standard InChI is InChI=1S/C19H30N2O3/c1-19(2,3)24-18(22)20-11-9-16-10-12-21(14-16)13-15-5-7-17(23-4)8-6-15/h5-8,16H,9-14H2,1-4H3,(H,20,22). The third-order valence-electron chi connectivity index (χ3n) is 4.16. The Kier molecular flexibility index (Phi) is 6.49. The van der Waals surface area contributed by atoms with E-state index in [4.69, 9.17) is 9.47 Å². The summed E-state index contributed by atoms with van der Waals surface area (Å²) in [6.07, 6.45) is 1.86. The number of hydrogen-bond donors (Lipinski definition) is 1. The minimum absolute atomic E-state index is 0.324. The van der Waals surface area contributed by atoms with Crippen LogP contribution in [0.5, 0.6) is 5.75 Å². The summed E-state index contributed by atoms with van der Waals surface area (Å²) in [6, 6.07) is 8.26. The second-order valence-electron chi connectivity index (χ2n) is 7.46. The van der Waals surface area contributed by atoms with Gasteiger partial charge < -0.3 is 14.8 Å². The number of amides is 1. The van der Waals surface area contributed by atoms with Crippen molar-refractivity contribution in [1.82, 2.24) is 10.2 Å². The van der Waals surface area contributed by atoms with Crippen LogP contribution < -0.4 is 10.1 Å². The van der Waals surface area contributed by atoms with Crippen LogP contribution in [0.4, 0.5) is 4.79 Å². The van der Waals surface area contributed by atoms with Crippen LogP contribution in [0.25, 0.3) is 0 Å². The minimum atomic E-state index is -0.438. The Morgan fingerprint density at radius 3 is 2.62 bits per heavy atom. The zero-order valence-electron chi connectivity index (χ0n) is 15.3. The summed E-state index contributed by atoms with van der Waals surface area (Å²) in [5.41, 5.74) is 0.871. The Balaban J connectivity index is 1.66. The first-order valence-corrected chi connectivity index (χ1v) is 8.68. The van der Waals surface area contributed by atoms with Crippen molar-refractivity contribution in [2.24, 2.45) is 5.92 Å². The first kappa shape index (κ1) is 18.6. The quantitative estimate of drug-likeness (QED) is 0.866. The van der Waals surface area contributed by atoms with Gasteiger partial charge in [0.25, 0.3) is 0 Å². The lowest BCUT2D eigenvalue weighted by Crippen LogP contribution is -2.33. The van der Waals surface area contributed by atoms with Crippen molar-refractivity contribution in [3.05, 3.63) is 29.8 Å². The van der Waals surface area contributed by atoms with E-state index in [1.807, 2.05) is 32.9 Å². The molecule has 1 amide bonds. The lowest BCUT2D eigenvalue weighted by molar-refractivity contribution is 0.0525. The van der Waals surface area contributed by atoms with Crippen LogP contribution in [0, 0.1) is 5.92 Å². The molecule has 1 unspecified atom stereocenters. The van der Waals surface area contributed by atoms with E-state index in [0.29, 0.717) is 12.5 Å². The molecule has 0 spiro atoms. The van der Waals surface area contributed by atoms with Gasteiger partial charge in [-0.3, -0.25) is 4.90 Å². The zero-order valence-corrected chi connectivity index (χ0v) is 15.3. The van der Waals surface area contributed by atoms with Crippen molar-refractivity contribution in [3.8, 4) is 5.75 Å². The molecule has 0 radical (unpaired) electrons. The topological polar surface area (TPSA) is 50.8 Å². The van der Waals surface area contributed by atoms with Crippen molar-refractivity contribution in [3.63, 3.8) is 0 Å². The number of ether oxygens (including phenoxy) is 2. The molecule has 5 nitrogen and oxygen atoms in total. The first-order chi connectivity index (χ1) is 11.4. The summed E-state index contributed by atoms with van der Waals surface area (Å²) in [5.74, 6) is 1.53. The van der Waals surface area contributed by atoms with E-state index in [9.17, 15) is 4.79 Å². The molecular formula is C19H30N2O3.